The molecule has 3 atom stereocenters. The molecule has 0 aliphatic heterocycles. The van der Waals surface area contributed by atoms with E-state index in [1.54, 1.807) is 12.1 Å². The van der Waals surface area contributed by atoms with Gasteiger partial charge in [-0.15, -0.1) is 0 Å². The van der Waals surface area contributed by atoms with Gasteiger partial charge in [0.2, 0.25) is 0 Å². The van der Waals surface area contributed by atoms with Crippen LogP contribution in [0, 0.1) is 23.7 Å². The van der Waals surface area contributed by atoms with Gasteiger partial charge in [-0.3, -0.25) is 0 Å². The van der Waals surface area contributed by atoms with Crippen LogP contribution in [0.3, 0.4) is 0 Å². The van der Waals surface area contributed by atoms with Crippen molar-refractivity contribution in [3.05, 3.63) is 42.1 Å². The molecule has 0 amide bonds. The van der Waals surface area contributed by atoms with Crippen LogP contribution in [0.5, 0.6) is 5.75 Å². The Hall–Kier alpha value is -1.44. The Kier molecular flexibility index (Phi) is 5.93. The van der Waals surface area contributed by atoms with Crippen LogP contribution in [0.25, 0.3) is 0 Å². The lowest BCUT2D eigenvalue weighted by Gasteiger charge is -2.38. The van der Waals surface area contributed by atoms with E-state index in [-0.39, 0.29) is 0 Å². The smallest absolute Gasteiger partial charge is 0.115 e. The number of benzene rings is 1. The van der Waals surface area contributed by atoms with E-state index in [1.807, 2.05) is 12.1 Å². The first kappa shape index (κ1) is 16.9. The number of hydrogen-bond acceptors (Lipinski definition) is 2. The molecule has 0 heterocycles. The summed E-state index contributed by atoms with van der Waals surface area (Å²) in [5.74, 6) is 3.26. The highest BCUT2D eigenvalue weighted by Gasteiger charge is 2.32. The highest BCUT2D eigenvalue weighted by Crippen LogP contribution is 2.40. The van der Waals surface area contributed by atoms with Gasteiger partial charge in [-0.2, -0.15) is 0 Å². The van der Waals surface area contributed by atoms with Crippen molar-refractivity contribution in [2.45, 2.75) is 46.5 Å². The Balaban J connectivity index is 1.85. The molecule has 22 heavy (non-hydrogen) atoms. The first-order chi connectivity index (χ1) is 10.5. The molecule has 3 unspecified atom stereocenters. The first-order valence-electron chi connectivity index (χ1n) is 8.68. The predicted molar refractivity (Wildman–Crippen MR) is 93.8 cm³/mol. The molecule has 0 bridgehead atoms. The highest BCUT2D eigenvalue weighted by atomic mass is 16.3. The third kappa shape index (κ3) is 4.53. The molecule has 1 fully saturated rings. The Labute approximate surface area is 135 Å². The summed E-state index contributed by atoms with van der Waals surface area (Å²) in [5.41, 5.74) is 2.47. The van der Waals surface area contributed by atoms with E-state index >= 15 is 0 Å². The average molecular weight is 301 g/mol. The van der Waals surface area contributed by atoms with E-state index in [1.165, 1.54) is 30.5 Å². The van der Waals surface area contributed by atoms with E-state index in [2.05, 4.69) is 32.7 Å². The molecule has 2 rings (SSSR count). The second kappa shape index (κ2) is 7.71. The highest BCUT2D eigenvalue weighted by molar-refractivity contribution is 5.26. The van der Waals surface area contributed by atoms with Crippen molar-refractivity contribution in [3.63, 3.8) is 0 Å². The lowest BCUT2D eigenvalue weighted by molar-refractivity contribution is 0.165. The van der Waals surface area contributed by atoms with E-state index < -0.39 is 0 Å². The largest absolute Gasteiger partial charge is 0.508 e. The van der Waals surface area contributed by atoms with Crippen molar-refractivity contribution in [1.82, 2.24) is 5.32 Å². The van der Waals surface area contributed by atoms with Gasteiger partial charge in [0.25, 0.3) is 0 Å². The third-order valence-corrected chi connectivity index (χ3v) is 5.17. The molecule has 0 radical (unpaired) electrons. The molecular weight excluding hydrogens is 270 g/mol. The van der Waals surface area contributed by atoms with Crippen LogP contribution in [-0.4, -0.2) is 11.7 Å². The van der Waals surface area contributed by atoms with Crippen LogP contribution >= 0.6 is 0 Å². The number of hydrogen-bond donors (Lipinski definition) is 2. The maximum absolute atomic E-state index is 9.32. The van der Waals surface area contributed by atoms with Crippen LogP contribution in [-0.2, 0) is 6.42 Å². The van der Waals surface area contributed by atoms with Gasteiger partial charge < -0.3 is 10.4 Å². The predicted octanol–water partition coefficient (Wildman–Crippen LogP) is 4.75. The molecule has 2 N–H and O–H groups in total. The molecule has 0 saturated heterocycles. The number of phenolic OH excluding ortho intramolecular Hbond substituents is 1. The SMILES string of the molecule is C=C(NCCc1ccc(O)cc1)C1CC(C)CCC1C(C)C. The van der Waals surface area contributed by atoms with Crippen molar-refractivity contribution < 1.29 is 5.11 Å². The van der Waals surface area contributed by atoms with E-state index in [4.69, 9.17) is 0 Å². The zero-order chi connectivity index (χ0) is 16.1. The minimum Gasteiger partial charge on any atom is -0.508 e. The molecule has 1 aromatic rings. The van der Waals surface area contributed by atoms with Gasteiger partial charge in [0, 0.05) is 18.2 Å². The van der Waals surface area contributed by atoms with E-state index in [0.717, 1.165) is 30.7 Å². The molecule has 2 nitrogen and oxygen atoms in total. The first-order valence-corrected chi connectivity index (χ1v) is 8.68. The Bertz CT molecular complexity index is 477. The Morgan fingerprint density at radius 2 is 1.95 bits per heavy atom. The van der Waals surface area contributed by atoms with Crippen LogP contribution in [0.1, 0.15) is 45.6 Å². The number of allylic oxidation sites excluding steroid dienone is 1. The fraction of sp³-hybridized carbons (Fsp3) is 0.600. The lowest BCUT2D eigenvalue weighted by atomic mass is 9.69. The van der Waals surface area contributed by atoms with Gasteiger partial charge in [-0.05, 0) is 54.7 Å². The van der Waals surface area contributed by atoms with Gasteiger partial charge in [-0.25, -0.2) is 0 Å². The maximum atomic E-state index is 9.32. The summed E-state index contributed by atoms with van der Waals surface area (Å²) in [7, 11) is 0. The normalized spacial score (nSPS) is 25.2. The van der Waals surface area contributed by atoms with Crippen LogP contribution in [0.2, 0.25) is 0 Å². The summed E-state index contributed by atoms with van der Waals surface area (Å²) in [6.07, 6.45) is 4.93. The van der Waals surface area contributed by atoms with Crippen molar-refractivity contribution in [2.24, 2.45) is 23.7 Å². The minimum absolute atomic E-state index is 0.331. The third-order valence-electron chi connectivity index (χ3n) is 5.17. The summed E-state index contributed by atoms with van der Waals surface area (Å²) < 4.78 is 0. The monoisotopic (exact) mass is 301 g/mol. The summed E-state index contributed by atoms with van der Waals surface area (Å²) in [4.78, 5) is 0. The van der Waals surface area contributed by atoms with Crippen LogP contribution in [0.4, 0.5) is 0 Å². The van der Waals surface area contributed by atoms with E-state index in [0.29, 0.717) is 11.7 Å². The molecular formula is C20H31NO. The fourth-order valence-corrected chi connectivity index (χ4v) is 3.76. The summed E-state index contributed by atoms with van der Waals surface area (Å²) in [5, 5.41) is 12.9. The van der Waals surface area contributed by atoms with Crippen molar-refractivity contribution in [1.29, 1.82) is 0 Å². The quantitative estimate of drug-likeness (QED) is 0.795. The summed E-state index contributed by atoms with van der Waals surface area (Å²) in [6.45, 7) is 12.3. The minimum atomic E-state index is 0.331. The number of phenols is 1. The van der Waals surface area contributed by atoms with Gasteiger partial charge in [0.05, 0.1) is 0 Å². The van der Waals surface area contributed by atoms with Crippen molar-refractivity contribution >= 4 is 0 Å². The lowest BCUT2D eigenvalue weighted by Crippen LogP contribution is -2.33. The fourth-order valence-electron chi connectivity index (χ4n) is 3.76. The zero-order valence-corrected chi connectivity index (χ0v) is 14.3. The molecule has 1 saturated carbocycles. The summed E-state index contributed by atoms with van der Waals surface area (Å²) in [6, 6.07) is 7.47. The Morgan fingerprint density at radius 1 is 1.27 bits per heavy atom. The maximum Gasteiger partial charge on any atom is 0.115 e. The molecule has 0 spiro atoms. The number of aromatic hydroxyl groups is 1. The van der Waals surface area contributed by atoms with Gasteiger partial charge in [0.15, 0.2) is 0 Å². The number of rotatable bonds is 6. The van der Waals surface area contributed by atoms with Crippen molar-refractivity contribution in [3.8, 4) is 5.75 Å². The second-order valence-electron chi connectivity index (χ2n) is 7.30. The topological polar surface area (TPSA) is 32.3 Å². The molecule has 122 valence electrons. The molecule has 0 aromatic heterocycles. The molecule has 1 aliphatic rings. The van der Waals surface area contributed by atoms with Crippen molar-refractivity contribution in [2.75, 3.05) is 6.54 Å². The second-order valence-corrected chi connectivity index (χ2v) is 7.30. The molecule has 1 aliphatic carbocycles. The van der Waals surface area contributed by atoms with Gasteiger partial charge >= 0.3 is 0 Å². The Morgan fingerprint density at radius 3 is 2.59 bits per heavy atom. The van der Waals surface area contributed by atoms with Gasteiger partial charge in [0.1, 0.15) is 5.75 Å². The average Bonchev–Trinajstić information content (AvgIpc) is 2.48. The standard InChI is InChI=1S/C20H31NO/c1-14(2)19-10-5-15(3)13-20(19)16(4)21-12-11-17-6-8-18(22)9-7-17/h6-9,14-15,19-22H,4-5,10-13H2,1-3H3. The molecule has 2 heteroatoms. The molecule has 1 aromatic carbocycles. The van der Waals surface area contributed by atoms with Gasteiger partial charge in [-0.1, -0.05) is 45.9 Å². The van der Waals surface area contributed by atoms with Crippen LogP contribution in [0.15, 0.2) is 36.5 Å². The van der Waals surface area contributed by atoms with E-state index in [9.17, 15) is 5.11 Å². The van der Waals surface area contributed by atoms with Crippen LogP contribution < -0.4 is 5.32 Å². The summed E-state index contributed by atoms with van der Waals surface area (Å²) >= 11 is 0. The zero-order valence-electron chi connectivity index (χ0n) is 14.3. The number of nitrogens with one attached hydrogen (secondary N) is 1.